The molecule has 0 aliphatic rings. The molecule has 1 unspecified atom stereocenters. The normalized spacial score (nSPS) is 13.5. The van der Waals surface area contributed by atoms with Crippen LogP contribution in [0, 0.1) is 5.92 Å². The van der Waals surface area contributed by atoms with Crippen molar-refractivity contribution in [2.45, 2.75) is 33.4 Å². The summed E-state index contributed by atoms with van der Waals surface area (Å²) < 4.78 is 0. The Bertz CT molecular complexity index is 297. The van der Waals surface area contributed by atoms with Crippen LogP contribution in [-0.4, -0.2) is 35.2 Å². The summed E-state index contributed by atoms with van der Waals surface area (Å²) in [6.45, 7) is 7.59. The molecule has 15 heavy (non-hydrogen) atoms. The molecule has 5 heteroatoms. The molecule has 4 nitrogen and oxygen atoms in total. The van der Waals surface area contributed by atoms with E-state index in [9.17, 15) is 0 Å². The van der Waals surface area contributed by atoms with E-state index in [1.807, 2.05) is 7.05 Å². The Morgan fingerprint density at radius 2 is 2.00 bits per heavy atom. The van der Waals surface area contributed by atoms with Gasteiger partial charge >= 0.3 is 0 Å². The van der Waals surface area contributed by atoms with Gasteiger partial charge in [-0.1, -0.05) is 25.2 Å². The molecule has 0 saturated heterocycles. The van der Waals surface area contributed by atoms with Gasteiger partial charge < -0.3 is 5.32 Å². The Morgan fingerprint density at radius 1 is 1.33 bits per heavy atom. The molecule has 0 bridgehead atoms. The fraction of sp³-hybridized carbons (Fsp3) is 0.800. The molecule has 0 aromatic carbocycles. The van der Waals surface area contributed by atoms with Crippen molar-refractivity contribution < 1.29 is 0 Å². The molecule has 1 N–H and O–H groups in total. The molecule has 1 rings (SSSR count). The van der Waals surface area contributed by atoms with E-state index in [0.29, 0.717) is 12.0 Å². The van der Waals surface area contributed by atoms with Gasteiger partial charge in [-0.15, -0.1) is 10.2 Å². The minimum absolute atomic E-state index is 0.562. The Balaban J connectivity index is 2.54. The van der Waals surface area contributed by atoms with Crippen LogP contribution in [0.1, 0.15) is 25.8 Å². The Hall–Kier alpha value is -0.680. The summed E-state index contributed by atoms with van der Waals surface area (Å²) in [5.74, 6) is 0.659. The van der Waals surface area contributed by atoms with Gasteiger partial charge in [0.15, 0.2) is 0 Å². The SMILES string of the molecule is CNc1nnc(CN(C)C(C)C(C)C)s1. The van der Waals surface area contributed by atoms with Gasteiger partial charge in [-0.2, -0.15) is 0 Å². The summed E-state index contributed by atoms with van der Waals surface area (Å²) in [6.07, 6.45) is 0. The number of nitrogens with zero attached hydrogens (tertiary/aromatic N) is 3. The first kappa shape index (κ1) is 12.4. The zero-order chi connectivity index (χ0) is 11.4. The van der Waals surface area contributed by atoms with Crippen LogP contribution in [0.4, 0.5) is 5.13 Å². The second kappa shape index (κ2) is 5.42. The first-order chi connectivity index (χ1) is 7.04. The van der Waals surface area contributed by atoms with E-state index in [1.54, 1.807) is 11.3 Å². The van der Waals surface area contributed by atoms with Crippen molar-refractivity contribution in [1.29, 1.82) is 0 Å². The lowest BCUT2D eigenvalue weighted by molar-refractivity contribution is 0.200. The van der Waals surface area contributed by atoms with Gasteiger partial charge in [-0.3, -0.25) is 4.90 Å². The smallest absolute Gasteiger partial charge is 0.205 e. The average Bonchev–Trinajstić information content (AvgIpc) is 2.64. The molecule has 86 valence electrons. The predicted molar refractivity (Wildman–Crippen MR) is 65.2 cm³/mol. The van der Waals surface area contributed by atoms with Crippen LogP contribution < -0.4 is 5.32 Å². The number of aromatic nitrogens is 2. The Morgan fingerprint density at radius 3 is 2.47 bits per heavy atom. The summed E-state index contributed by atoms with van der Waals surface area (Å²) in [7, 11) is 4.00. The lowest BCUT2D eigenvalue weighted by Crippen LogP contribution is -2.32. The minimum atomic E-state index is 0.562. The summed E-state index contributed by atoms with van der Waals surface area (Å²) in [4.78, 5) is 2.31. The molecule has 0 radical (unpaired) electrons. The van der Waals surface area contributed by atoms with Crippen molar-refractivity contribution in [2.75, 3.05) is 19.4 Å². The molecule has 0 spiro atoms. The maximum atomic E-state index is 4.13. The van der Waals surface area contributed by atoms with Gasteiger partial charge in [-0.05, 0) is 19.9 Å². The molecular formula is C10H20N4S. The van der Waals surface area contributed by atoms with E-state index in [-0.39, 0.29) is 0 Å². The van der Waals surface area contributed by atoms with E-state index >= 15 is 0 Å². The number of rotatable bonds is 5. The Labute approximate surface area is 95.7 Å². The average molecular weight is 228 g/mol. The van der Waals surface area contributed by atoms with E-state index in [1.165, 1.54) is 0 Å². The van der Waals surface area contributed by atoms with Crippen LogP contribution in [0.25, 0.3) is 0 Å². The maximum absolute atomic E-state index is 4.13. The molecule has 0 fully saturated rings. The van der Waals surface area contributed by atoms with Crippen molar-refractivity contribution in [1.82, 2.24) is 15.1 Å². The molecular weight excluding hydrogens is 208 g/mol. The zero-order valence-corrected chi connectivity index (χ0v) is 10.9. The molecule has 0 amide bonds. The largest absolute Gasteiger partial charge is 0.363 e. The van der Waals surface area contributed by atoms with Gasteiger partial charge in [0.25, 0.3) is 0 Å². The zero-order valence-electron chi connectivity index (χ0n) is 10.1. The number of hydrogen-bond donors (Lipinski definition) is 1. The molecule has 1 aromatic heterocycles. The van der Waals surface area contributed by atoms with Crippen molar-refractivity contribution in [3.05, 3.63) is 5.01 Å². The van der Waals surface area contributed by atoms with Crippen LogP contribution >= 0.6 is 11.3 Å². The quantitative estimate of drug-likeness (QED) is 0.837. The highest BCUT2D eigenvalue weighted by atomic mass is 32.1. The second-order valence-electron chi connectivity index (χ2n) is 4.15. The van der Waals surface area contributed by atoms with E-state index in [2.05, 4.69) is 48.2 Å². The van der Waals surface area contributed by atoms with Crippen LogP contribution in [0.3, 0.4) is 0 Å². The van der Waals surface area contributed by atoms with Crippen molar-refractivity contribution in [2.24, 2.45) is 5.92 Å². The van der Waals surface area contributed by atoms with Crippen LogP contribution in [-0.2, 0) is 6.54 Å². The highest BCUT2D eigenvalue weighted by Gasteiger charge is 2.15. The number of hydrogen-bond acceptors (Lipinski definition) is 5. The molecule has 1 heterocycles. The summed E-state index contributed by atoms with van der Waals surface area (Å²) in [5.41, 5.74) is 0. The minimum Gasteiger partial charge on any atom is -0.363 e. The molecule has 0 aliphatic carbocycles. The van der Waals surface area contributed by atoms with Crippen LogP contribution in [0.15, 0.2) is 0 Å². The predicted octanol–water partition coefficient (Wildman–Crippen LogP) is 2.06. The van der Waals surface area contributed by atoms with Crippen LogP contribution in [0.2, 0.25) is 0 Å². The summed E-state index contributed by atoms with van der Waals surface area (Å²) in [5, 5.41) is 13.1. The van der Waals surface area contributed by atoms with Gasteiger partial charge in [0.05, 0.1) is 6.54 Å². The monoisotopic (exact) mass is 228 g/mol. The number of anilines is 1. The maximum Gasteiger partial charge on any atom is 0.205 e. The highest BCUT2D eigenvalue weighted by Crippen LogP contribution is 2.18. The van der Waals surface area contributed by atoms with Crippen molar-refractivity contribution >= 4 is 16.5 Å². The van der Waals surface area contributed by atoms with Gasteiger partial charge in [0.1, 0.15) is 5.01 Å². The van der Waals surface area contributed by atoms with Gasteiger partial charge in [-0.25, -0.2) is 0 Å². The van der Waals surface area contributed by atoms with E-state index < -0.39 is 0 Å². The highest BCUT2D eigenvalue weighted by molar-refractivity contribution is 7.15. The third-order valence-electron chi connectivity index (χ3n) is 2.73. The fourth-order valence-electron chi connectivity index (χ4n) is 1.28. The summed E-state index contributed by atoms with van der Waals surface area (Å²) >= 11 is 1.62. The Kier molecular flexibility index (Phi) is 4.47. The summed E-state index contributed by atoms with van der Waals surface area (Å²) in [6, 6.07) is 0.562. The fourth-order valence-corrected chi connectivity index (χ4v) is 2.04. The van der Waals surface area contributed by atoms with E-state index in [4.69, 9.17) is 0 Å². The molecule has 1 aromatic rings. The first-order valence-corrected chi connectivity index (χ1v) is 6.06. The molecule has 1 atom stereocenters. The topological polar surface area (TPSA) is 41.1 Å². The lowest BCUT2D eigenvalue weighted by atomic mass is 10.1. The molecule has 0 saturated carbocycles. The first-order valence-electron chi connectivity index (χ1n) is 5.25. The van der Waals surface area contributed by atoms with Crippen molar-refractivity contribution in [3.8, 4) is 0 Å². The lowest BCUT2D eigenvalue weighted by Gasteiger charge is -2.26. The third kappa shape index (κ3) is 3.43. The standard InChI is InChI=1S/C10H20N4S/c1-7(2)8(3)14(5)6-9-12-13-10(11-4)15-9/h7-8H,6H2,1-5H3,(H,11,13). The third-order valence-corrected chi connectivity index (χ3v) is 3.65. The van der Waals surface area contributed by atoms with E-state index in [0.717, 1.165) is 16.7 Å². The molecule has 0 aliphatic heterocycles. The second-order valence-corrected chi connectivity index (χ2v) is 5.21. The van der Waals surface area contributed by atoms with Crippen LogP contribution in [0.5, 0.6) is 0 Å². The van der Waals surface area contributed by atoms with Gasteiger partial charge in [0.2, 0.25) is 5.13 Å². The van der Waals surface area contributed by atoms with Gasteiger partial charge in [0, 0.05) is 13.1 Å². The van der Waals surface area contributed by atoms with Crippen molar-refractivity contribution in [3.63, 3.8) is 0 Å². The number of nitrogens with one attached hydrogen (secondary N) is 1.